The van der Waals surface area contributed by atoms with Crippen LogP contribution < -0.4 is 16.2 Å². The predicted molar refractivity (Wildman–Crippen MR) is 111 cm³/mol. The Morgan fingerprint density at radius 2 is 1.72 bits per heavy atom. The first-order chi connectivity index (χ1) is 12.1. The average Bonchev–Trinajstić information content (AvgIpc) is 2.62. The van der Waals surface area contributed by atoms with Crippen molar-refractivity contribution in [2.75, 3.05) is 11.1 Å². The number of carbonyl (C=O) groups is 1. The first kappa shape index (κ1) is 19.3. The van der Waals surface area contributed by atoms with E-state index in [1.807, 2.05) is 36.4 Å². The normalized spacial score (nSPS) is 10.2. The molecule has 0 bridgehead atoms. The van der Waals surface area contributed by atoms with Crippen molar-refractivity contribution in [3.05, 3.63) is 65.2 Å². The van der Waals surface area contributed by atoms with Crippen LogP contribution in [0.3, 0.4) is 0 Å². The summed E-state index contributed by atoms with van der Waals surface area (Å²) < 4.78 is 0. The smallest absolute Gasteiger partial charge is 0.248 e. The summed E-state index contributed by atoms with van der Waals surface area (Å²) in [6.45, 7) is 4.17. The van der Waals surface area contributed by atoms with Gasteiger partial charge in [-0.15, -0.1) is 11.8 Å². The molecule has 1 amide bonds. The summed E-state index contributed by atoms with van der Waals surface area (Å²) in [7, 11) is 0. The van der Waals surface area contributed by atoms with Crippen LogP contribution in [0.5, 0.6) is 0 Å². The fraction of sp³-hybridized carbons (Fsp3) is 0.263. The largest absolute Gasteiger partial charge is 0.331 e. The molecule has 0 aliphatic carbocycles. The minimum atomic E-state index is -0.105. The van der Waals surface area contributed by atoms with E-state index in [1.54, 1.807) is 11.8 Å². The van der Waals surface area contributed by atoms with Crippen LogP contribution in [0.4, 0.5) is 5.69 Å². The fourth-order valence-corrected chi connectivity index (χ4v) is 3.36. The quantitative estimate of drug-likeness (QED) is 0.531. The van der Waals surface area contributed by atoms with Crippen molar-refractivity contribution in [2.45, 2.75) is 26.0 Å². The van der Waals surface area contributed by atoms with E-state index in [0.29, 0.717) is 10.9 Å². The third-order valence-electron chi connectivity index (χ3n) is 3.71. The van der Waals surface area contributed by atoms with Gasteiger partial charge in [0.1, 0.15) is 0 Å². The number of thiocarbonyl (C=S) groups is 1. The second kappa shape index (κ2) is 10.1. The van der Waals surface area contributed by atoms with Crippen LogP contribution in [0.25, 0.3) is 0 Å². The van der Waals surface area contributed by atoms with Gasteiger partial charge in [0, 0.05) is 11.4 Å². The second-order valence-corrected chi connectivity index (χ2v) is 6.95. The molecule has 0 spiro atoms. The highest BCUT2D eigenvalue weighted by Crippen LogP contribution is 2.16. The summed E-state index contributed by atoms with van der Waals surface area (Å²) in [6, 6.07) is 16.2. The van der Waals surface area contributed by atoms with Gasteiger partial charge >= 0.3 is 0 Å². The van der Waals surface area contributed by atoms with Gasteiger partial charge in [0.15, 0.2) is 5.11 Å². The van der Waals surface area contributed by atoms with Crippen molar-refractivity contribution in [3.8, 4) is 0 Å². The highest BCUT2D eigenvalue weighted by molar-refractivity contribution is 7.99. The first-order valence-electron chi connectivity index (χ1n) is 8.16. The third-order valence-corrected chi connectivity index (χ3v) is 4.90. The van der Waals surface area contributed by atoms with Crippen LogP contribution in [0.2, 0.25) is 0 Å². The number of carbonyl (C=O) groups excluding carboxylic acids is 1. The number of benzene rings is 2. The maximum Gasteiger partial charge on any atom is 0.248 e. The van der Waals surface area contributed by atoms with Crippen molar-refractivity contribution < 1.29 is 4.79 Å². The molecule has 0 unspecified atom stereocenters. The third kappa shape index (κ3) is 6.40. The van der Waals surface area contributed by atoms with Gasteiger partial charge in [0.05, 0.1) is 5.75 Å². The van der Waals surface area contributed by atoms with Crippen LogP contribution in [0, 0.1) is 6.92 Å². The lowest BCUT2D eigenvalue weighted by Gasteiger charge is -2.14. The fourth-order valence-electron chi connectivity index (χ4n) is 2.29. The Balaban J connectivity index is 1.71. The number of para-hydroxylation sites is 1. The predicted octanol–water partition coefficient (Wildman–Crippen LogP) is 3.81. The SMILES string of the molecule is CCc1ccccc1NC(=S)NNC(=O)CSCc1ccccc1C. The Kier molecular flexibility index (Phi) is 7.76. The number of anilines is 1. The number of thioether (sulfide) groups is 1. The van der Waals surface area contributed by atoms with Crippen molar-refractivity contribution in [2.24, 2.45) is 0 Å². The van der Waals surface area contributed by atoms with Crippen LogP contribution in [0.15, 0.2) is 48.5 Å². The zero-order valence-corrected chi connectivity index (χ0v) is 16.1. The molecule has 0 fully saturated rings. The second-order valence-electron chi connectivity index (χ2n) is 5.56. The summed E-state index contributed by atoms with van der Waals surface area (Å²) in [5.74, 6) is 1.08. The molecule has 0 saturated heterocycles. The van der Waals surface area contributed by atoms with Crippen LogP contribution in [0.1, 0.15) is 23.6 Å². The molecule has 3 N–H and O–H groups in total. The molecule has 4 nitrogen and oxygen atoms in total. The first-order valence-corrected chi connectivity index (χ1v) is 9.72. The van der Waals surface area contributed by atoms with Gasteiger partial charge in [0.25, 0.3) is 0 Å². The van der Waals surface area contributed by atoms with E-state index in [-0.39, 0.29) is 5.91 Å². The standard InChI is InChI=1S/C19H23N3OS2/c1-3-15-9-6-7-11-17(15)20-19(24)22-21-18(23)13-25-12-16-10-5-4-8-14(16)2/h4-11H,3,12-13H2,1-2H3,(H,21,23)(H2,20,22,24). The lowest BCUT2D eigenvalue weighted by Crippen LogP contribution is -2.44. The van der Waals surface area contributed by atoms with Gasteiger partial charge in [-0.3, -0.25) is 15.6 Å². The van der Waals surface area contributed by atoms with Crippen molar-refractivity contribution in [1.29, 1.82) is 0 Å². The Morgan fingerprint density at radius 3 is 2.44 bits per heavy atom. The van der Waals surface area contributed by atoms with Crippen molar-refractivity contribution in [3.63, 3.8) is 0 Å². The van der Waals surface area contributed by atoms with E-state index in [0.717, 1.165) is 17.9 Å². The molecule has 0 aliphatic rings. The summed E-state index contributed by atoms with van der Waals surface area (Å²) >= 11 is 6.80. The molecule has 2 aromatic carbocycles. The maximum atomic E-state index is 11.9. The Hall–Kier alpha value is -2.05. The Morgan fingerprint density at radius 1 is 1.04 bits per heavy atom. The van der Waals surface area contributed by atoms with E-state index in [4.69, 9.17) is 12.2 Å². The molecule has 25 heavy (non-hydrogen) atoms. The van der Waals surface area contributed by atoms with E-state index < -0.39 is 0 Å². The lowest BCUT2D eigenvalue weighted by atomic mass is 10.1. The average molecular weight is 374 g/mol. The van der Waals surface area contributed by atoms with Crippen molar-refractivity contribution >= 4 is 40.7 Å². The molecule has 0 aromatic heterocycles. The molecule has 2 rings (SSSR count). The van der Waals surface area contributed by atoms with Gasteiger partial charge in [0.2, 0.25) is 5.91 Å². The molecule has 6 heteroatoms. The number of hydrogen-bond donors (Lipinski definition) is 3. The molecule has 0 radical (unpaired) electrons. The minimum Gasteiger partial charge on any atom is -0.331 e. The number of hydrogen-bond acceptors (Lipinski definition) is 3. The number of aryl methyl sites for hydroxylation is 2. The number of nitrogens with one attached hydrogen (secondary N) is 3. The van der Waals surface area contributed by atoms with Crippen LogP contribution >= 0.6 is 24.0 Å². The summed E-state index contributed by atoms with van der Waals surface area (Å²) in [5.41, 5.74) is 10.00. The van der Waals surface area contributed by atoms with Crippen LogP contribution in [-0.2, 0) is 17.0 Å². The topological polar surface area (TPSA) is 53.2 Å². The number of amides is 1. The zero-order chi connectivity index (χ0) is 18.1. The highest BCUT2D eigenvalue weighted by atomic mass is 32.2. The zero-order valence-electron chi connectivity index (χ0n) is 14.5. The molecule has 0 aliphatic heterocycles. The number of hydrazine groups is 1. The van der Waals surface area contributed by atoms with Gasteiger partial charge in [-0.2, -0.15) is 0 Å². The van der Waals surface area contributed by atoms with Gasteiger partial charge in [-0.25, -0.2) is 0 Å². The molecule has 2 aromatic rings. The van der Waals surface area contributed by atoms with Crippen molar-refractivity contribution in [1.82, 2.24) is 10.9 Å². The van der Waals surface area contributed by atoms with Crippen LogP contribution in [-0.4, -0.2) is 16.8 Å². The lowest BCUT2D eigenvalue weighted by molar-refractivity contribution is -0.119. The van der Waals surface area contributed by atoms with E-state index in [9.17, 15) is 4.79 Å². The molecular formula is C19H23N3OS2. The Bertz CT molecular complexity index is 734. The minimum absolute atomic E-state index is 0.105. The Labute approximate surface area is 158 Å². The molecular weight excluding hydrogens is 350 g/mol. The van der Waals surface area contributed by atoms with Gasteiger partial charge < -0.3 is 5.32 Å². The maximum absolute atomic E-state index is 11.9. The molecule has 132 valence electrons. The van der Waals surface area contributed by atoms with E-state index in [2.05, 4.69) is 42.1 Å². The monoisotopic (exact) mass is 373 g/mol. The van der Waals surface area contributed by atoms with Gasteiger partial charge in [-0.05, 0) is 48.3 Å². The van der Waals surface area contributed by atoms with Gasteiger partial charge in [-0.1, -0.05) is 49.4 Å². The molecule has 0 atom stereocenters. The highest BCUT2D eigenvalue weighted by Gasteiger charge is 2.05. The summed E-state index contributed by atoms with van der Waals surface area (Å²) in [5, 5.41) is 3.48. The van der Waals surface area contributed by atoms with E-state index in [1.165, 1.54) is 16.7 Å². The summed E-state index contributed by atoms with van der Waals surface area (Å²) in [6.07, 6.45) is 0.910. The van der Waals surface area contributed by atoms with E-state index >= 15 is 0 Å². The number of rotatable bonds is 6. The summed E-state index contributed by atoms with van der Waals surface area (Å²) in [4.78, 5) is 11.9. The molecule has 0 heterocycles. The molecule has 0 saturated carbocycles.